The van der Waals surface area contributed by atoms with Gasteiger partial charge in [0.1, 0.15) is 19.0 Å². The summed E-state index contributed by atoms with van der Waals surface area (Å²) in [6, 6.07) is 4.09. The van der Waals surface area contributed by atoms with E-state index in [0.717, 1.165) is 6.07 Å². The van der Waals surface area contributed by atoms with Gasteiger partial charge < -0.3 is 24.8 Å². The van der Waals surface area contributed by atoms with Gasteiger partial charge in [-0.15, -0.1) is 0 Å². The largest absolute Gasteiger partial charge is 0.458 e. The van der Waals surface area contributed by atoms with Crippen LogP contribution in [0.2, 0.25) is 0 Å². The number of hydrogen-bond acceptors (Lipinski definition) is 8. The number of fused-ring (bicyclic) bond motifs is 5. The van der Waals surface area contributed by atoms with Crippen molar-refractivity contribution in [3.05, 3.63) is 56.6 Å². The number of benzene rings is 1. The lowest BCUT2D eigenvalue weighted by molar-refractivity contribution is -0.172. The minimum atomic E-state index is -1.99. The molecule has 0 spiro atoms. The maximum Gasteiger partial charge on any atom is 0.343 e. The van der Waals surface area contributed by atoms with E-state index in [0.29, 0.717) is 27.9 Å². The van der Waals surface area contributed by atoms with Gasteiger partial charge >= 0.3 is 5.97 Å². The number of halogens is 1. The van der Waals surface area contributed by atoms with Crippen molar-refractivity contribution in [2.45, 2.75) is 43.5 Å². The molecule has 0 aliphatic carbocycles. The van der Waals surface area contributed by atoms with E-state index in [1.54, 1.807) is 6.92 Å². The summed E-state index contributed by atoms with van der Waals surface area (Å²) in [5.74, 6) is -2.20. The summed E-state index contributed by atoms with van der Waals surface area (Å²) in [6.45, 7) is 0.578. The first kappa shape index (κ1) is 24.2. The zero-order valence-corrected chi connectivity index (χ0v) is 20.2. The molecule has 0 saturated heterocycles. The highest BCUT2D eigenvalue weighted by atomic mass is 32.2. The molecule has 2 aliphatic rings. The Balaban J connectivity index is 1.80. The van der Waals surface area contributed by atoms with Gasteiger partial charge in [-0.2, -0.15) is 0 Å². The number of aliphatic hydroxyl groups excluding tert-OH is 1. The molecule has 0 fully saturated rings. The topological polar surface area (TPSA) is 148 Å². The highest BCUT2D eigenvalue weighted by molar-refractivity contribution is 7.84. The molecule has 188 valence electrons. The average Bonchev–Trinajstić information content (AvgIpc) is 3.22. The number of esters is 1. The van der Waals surface area contributed by atoms with Crippen LogP contribution >= 0.6 is 0 Å². The first-order chi connectivity index (χ1) is 17.1. The normalized spacial score (nSPS) is 18.9. The lowest BCUT2D eigenvalue weighted by Gasteiger charge is -2.31. The predicted molar refractivity (Wildman–Crippen MR) is 126 cm³/mol. The molecule has 1 aromatic carbocycles. The number of pyridine rings is 2. The molecule has 1 amide bonds. The summed E-state index contributed by atoms with van der Waals surface area (Å²) in [5.41, 5.74) is -0.210. The summed E-state index contributed by atoms with van der Waals surface area (Å²) in [5, 5.41) is 23.2. The molecule has 36 heavy (non-hydrogen) atoms. The molecule has 12 heteroatoms. The van der Waals surface area contributed by atoms with Crippen LogP contribution in [0.1, 0.15) is 35.6 Å². The van der Waals surface area contributed by atoms with Crippen LogP contribution in [0.4, 0.5) is 4.39 Å². The molecular formula is C24H22FN3O7S. The summed E-state index contributed by atoms with van der Waals surface area (Å²) in [7, 11) is -1.64. The maximum absolute atomic E-state index is 14.7. The van der Waals surface area contributed by atoms with E-state index >= 15 is 0 Å². The van der Waals surface area contributed by atoms with Crippen molar-refractivity contribution in [3.8, 4) is 11.4 Å². The monoisotopic (exact) mass is 515 g/mol. The highest BCUT2D eigenvalue weighted by Crippen LogP contribution is 2.40. The number of nitrogens with one attached hydrogen (secondary N) is 1. The Labute approximate surface area is 206 Å². The smallest absolute Gasteiger partial charge is 0.343 e. The van der Waals surface area contributed by atoms with Gasteiger partial charge in [0.15, 0.2) is 5.60 Å². The second-order valence-electron chi connectivity index (χ2n) is 8.71. The molecule has 3 aromatic rings. The minimum absolute atomic E-state index is 0.0136. The molecule has 10 nitrogen and oxygen atoms in total. The van der Waals surface area contributed by atoms with E-state index in [9.17, 15) is 28.1 Å². The van der Waals surface area contributed by atoms with Crippen LogP contribution in [0.3, 0.4) is 0 Å². The molecular weight excluding hydrogens is 493 g/mol. The Morgan fingerprint density at radius 3 is 2.72 bits per heavy atom. The second kappa shape index (κ2) is 8.57. The Morgan fingerprint density at radius 1 is 1.31 bits per heavy atom. The lowest BCUT2D eigenvalue weighted by atomic mass is 9.86. The SMILES string of the molecule is CC[C@@]1(O)C(=O)OCc2c1cc1n(c2=O)Cc2c-1nc1cc(F)c([S@@](C)=O)cc1c2CNC(=O)CO. The summed E-state index contributed by atoms with van der Waals surface area (Å²) in [4.78, 5) is 42.2. The van der Waals surface area contributed by atoms with Gasteiger partial charge in [-0.25, -0.2) is 14.2 Å². The fraction of sp³-hybridized carbons (Fsp3) is 0.333. The van der Waals surface area contributed by atoms with Crippen molar-refractivity contribution in [1.29, 1.82) is 0 Å². The first-order valence-corrected chi connectivity index (χ1v) is 12.7. The third-order valence-corrected chi connectivity index (χ3v) is 7.71. The molecule has 2 atom stereocenters. The summed E-state index contributed by atoms with van der Waals surface area (Å²) in [6.07, 6.45) is 1.33. The van der Waals surface area contributed by atoms with E-state index in [1.807, 2.05) is 0 Å². The molecule has 0 saturated carbocycles. The summed E-state index contributed by atoms with van der Waals surface area (Å²) < 4.78 is 33.3. The molecule has 4 heterocycles. The Hall–Kier alpha value is -3.48. The molecule has 5 rings (SSSR count). The quantitative estimate of drug-likeness (QED) is 0.327. The van der Waals surface area contributed by atoms with Crippen molar-refractivity contribution in [2.24, 2.45) is 0 Å². The number of aromatic nitrogens is 2. The molecule has 2 aromatic heterocycles. The number of hydrogen-bond donors (Lipinski definition) is 3. The number of carbonyl (C=O) groups is 2. The van der Waals surface area contributed by atoms with E-state index in [2.05, 4.69) is 10.3 Å². The molecule has 0 bridgehead atoms. The van der Waals surface area contributed by atoms with Crippen LogP contribution in [0.25, 0.3) is 22.3 Å². The minimum Gasteiger partial charge on any atom is -0.458 e. The van der Waals surface area contributed by atoms with Crippen LogP contribution < -0.4 is 10.9 Å². The van der Waals surface area contributed by atoms with Gasteiger partial charge in [-0.1, -0.05) is 6.92 Å². The Bertz CT molecular complexity index is 1570. The maximum atomic E-state index is 14.7. The van der Waals surface area contributed by atoms with Crippen LogP contribution in [-0.2, 0) is 50.4 Å². The number of amides is 1. The molecule has 3 N–H and O–H groups in total. The second-order valence-corrected chi connectivity index (χ2v) is 10.1. The van der Waals surface area contributed by atoms with Crippen LogP contribution in [0.15, 0.2) is 27.9 Å². The van der Waals surface area contributed by atoms with E-state index < -0.39 is 46.3 Å². The fourth-order valence-corrected chi connectivity index (χ4v) is 5.45. The van der Waals surface area contributed by atoms with Crippen LogP contribution in [-0.4, -0.2) is 48.7 Å². The number of ether oxygens (including phenoxy) is 1. The zero-order chi connectivity index (χ0) is 25.9. The summed E-state index contributed by atoms with van der Waals surface area (Å²) >= 11 is 0. The Kier molecular flexibility index (Phi) is 5.77. The van der Waals surface area contributed by atoms with E-state index in [4.69, 9.17) is 9.84 Å². The van der Waals surface area contributed by atoms with Crippen LogP contribution in [0, 0.1) is 5.82 Å². The lowest BCUT2D eigenvalue weighted by Crippen LogP contribution is -2.44. The molecule has 0 radical (unpaired) electrons. The predicted octanol–water partition coefficient (Wildman–Crippen LogP) is 0.565. The van der Waals surface area contributed by atoms with Gasteiger partial charge in [0.2, 0.25) is 5.91 Å². The van der Waals surface area contributed by atoms with Crippen molar-refractivity contribution in [1.82, 2.24) is 14.9 Å². The zero-order valence-electron chi connectivity index (χ0n) is 19.4. The third-order valence-electron chi connectivity index (χ3n) is 6.78. The van der Waals surface area contributed by atoms with Gasteiger partial charge in [0, 0.05) is 35.4 Å². The van der Waals surface area contributed by atoms with Crippen molar-refractivity contribution < 1.29 is 33.1 Å². The molecule has 2 aliphatic heterocycles. The average molecular weight is 516 g/mol. The van der Waals surface area contributed by atoms with E-state index in [1.165, 1.54) is 23.0 Å². The van der Waals surface area contributed by atoms with Gasteiger partial charge in [-0.3, -0.25) is 13.8 Å². The number of rotatable bonds is 5. The Morgan fingerprint density at radius 2 is 2.06 bits per heavy atom. The third kappa shape index (κ3) is 3.47. The number of nitrogens with zero attached hydrogens (tertiary/aromatic N) is 2. The van der Waals surface area contributed by atoms with Crippen LogP contribution in [0.5, 0.6) is 0 Å². The van der Waals surface area contributed by atoms with Crippen molar-refractivity contribution in [2.75, 3.05) is 12.9 Å². The van der Waals surface area contributed by atoms with E-state index in [-0.39, 0.29) is 47.7 Å². The first-order valence-electron chi connectivity index (χ1n) is 11.1. The molecule has 0 unspecified atom stereocenters. The van der Waals surface area contributed by atoms with Gasteiger partial charge in [-0.05, 0) is 24.1 Å². The standard InChI is InChI=1S/C24H22FN3O7S/c1-3-24(33)15-5-18-21-13(8-28(18)22(31)14(15)10-35-23(24)32)12(7-26-20(30)9-29)11-4-19(36(2)34)16(25)6-17(11)27-21/h4-6,29,33H,3,7-10H2,1-2H3,(H,26,30)/t24-,36+/m0/s1. The highest BCUT2D eigenvalue weighted by Gasteiger charge is 2.45. The van der Waals surface area contributed by atoms with Gasteiger partial charge in [0.05, 0.1) is 44.7 Å². The van der Waals surface area contributed by atoms with Gasteiger partial charge in [0.25, 0.3) is 5.56 Å². The fourth-order valence-electron chi connectivity index (χ4n) is 4.83. The van der Waals surface area contributed by atoms with Crippen molar-refractivity contribution in [3.63, 3.8) is 0 Å². The number of cyclic esters (lactones) is 1. The van der Waals surface area contributed by atoms with Crippen molar-refractivity contribution >= 4 is 33.6 Å². The number of carbonyl (C=O) groups excluding carboxylic acids is 2. The number of aliphatic hydroxyl groups is 2.